The van der Waals surface area contributed by atoms with Crippen LogP contribution < -0.4 is 8.92 Å². The molecule has 0 fully saturated rings. The van der Waals surface area contributed by atoms with Gasteiger partial charge in [0.1, 0.15) is 22.2 Å². The van der Waals surface area contributed by atoms with E-state index in [0.29, 0.717) is 5.56 Å². The fourth-order valence-corrected chi connectivity index (χ4v) is 3.53. The minimum absolute atomic E-state index is 0.0268. The highest BCUT2D eigenvalue weighted by molar-refractivity contribution is 7.87. The van der Waals surface area contributed by atoms with E-state index < -0.39 is 15.9 Å². The SMILES string of the molecule is O=C1C(=Cc2ccncc2)Oc2cc(OS(=O)(=O)c3ccc(F)cc3)ccc21. The molecule has 28 heavy (non-hydrogen) atoms. The van der Waals surface area contributed by atoms with Crippen molar-refractivity contribution in [1.29, 1.82) is 0 Å². The van der Waals surface area contributed by atoms with Crippen LogP contribution in [0.1, 0.15) is 15.9 Å². The Labute approximate surface area is 160 Å². The first-order chi connectivity index (χ1) is 13.4. The monoisotopic (exact) mass is 397 g/mol. The molecule has 0 saturated carbocycles. The topological polar surface area (TPSA) is 82.6 Å². The van der Waals surface area contributed by atoms with Gasteiger partial charge >= 0.3 is 10.1 Å². The van der Waals surface area contributed by atoms with Crippen LogP contribution in [0.4, 0.5) is 4.39 Å². The first-order valence-corrected chi connectivity index (χ1v) is 9.52. The largest absolute Gasteiger partial charge is 0.452 e. The van der Waals surface area contributed by atoms with Crippen LogP contribution in [-0.4, -0.2) is 19.2 Å². The van der Waals surface area contributed by atoms with Gasteiger partial charge in [0.25, 0.3) is 0 Å². The second-order valence-corrected chi connectivity index (χ2v) is 7.42. The van der Waals surface area contributed by atoms with Crippen LogP contribution in [0.2, 0.25) is 0 Å². The molecule has 140 valence electrons. The van der Waals surface area contributed by atoms with E-state index in [1.807, 2.05) is 0 Å². The number of hydrogen-bond acceptors (Lipinski definition) is 6. The zero-order valence-corrected chi connectivity index (χ0v) is 15.0. The molecule has 6 nitrogen and oxygen atoms in total. The van der Waals surface area contributed by atoms with E-state index in [2.05, 4.69) is 4.98 Å². The van der Waals surface area contributed by atoms with Crippen LogP contribution in [0.25, 0.3) is 6.08 Å². The summed E-state index contributed by atoms with van der Waals surface area (Å²) in [7, 11) is -4.15. The lowest BCUT2D eigenvalue weighted by Gasteiger charge is -2.07. The molecular formula is C20H12FNO5S. The summed E-state index contributed by atoms with van der Waals surface area (Å²) in [5, 5.41) is 0. The average molecular weight is 397 g/mol. The number of hydrogen-bond donors (Lipinski definition) is 0. The Balaban J connectivity index is 1.60. The number of aromatic nitrogens is 1. The molecule has 0 unspecified atom stereocenters. The van der Waals surface area contributed by atoms with Crippen LogP contribution in [0.15, 0.2) is 77.6 Å². The number of ketones is 1. The van der Waals surface area contributed by atoms with Crippen molar-refractivity contribution in [3.63, 3.8) is 0 Å². The number of ether oxygens (including phenoxy) is 1. The predicted octanol–water partition coefficient (Wildman–Crippen LogP) is 3.60. The normalized spacial score (nSPS) is 14.6. The lowest BCUT2D eigenvalue weighted by molar-refractivity contribution is 0.101. The molecule has 2 aromatic carbocycles. The molecule has 0 N–H and O–H groups in total. The molecule has 0 atom stereocenters. The Morgan fingerprint density at radius 1 is 1.00 bits per heavy atom. The van der Waals surface area contributed by atoms with Crippen LogP contribution in [0.5, 0.6) is 11.5 Å². The second-order valence-electron chi connectivity index (χ2n) is 5.87. The van der Waals surface area contributed by atoms with E-state index in [1.165, 1.54) is 18.2 Å². The summed E-state index contributed by atoms with van der Waals surface area (Å²) >= 11 is 0. The van der Waals surface area contributed by atoms with Crippen molar-refractivity contribution >= 4 is 22.0 Å². The quantitative estimate of drug-likeness (QED) is 0.494. The molecule has 0 aliphatic carbocycles. The molecular weight excluding hydrogens is 385 g/mol. The van der Waals surface area contributed by atoms with Gasteiger partial charge in [0, 0.05) is 18.5 Å². The Bertz CT molecular complexity index is 1190. The van der Waals surface area contributed by atoms with Crippen molar-refractivity contribution in [2.24, 2.45) is 0 Å². The number of nitrogens with zero attached hydrogens (tertiary/aromatic N) is 1. The number of halogens is 1. The number of carbonyl (C=O) groups is 1. The molecule has 1 aliphatic heterocycles. The molecule has 0 saturated heterocycles. The summed E-state index contributed by atoms with van der Waals surface area (Å²) in [5.41, 5.74) is 1.04. The van der Waals surface area contributed by atoms with Crippen molar-refractivity contribution in [2.45, 2.75) is 4.90 Å². The van der Waals surface area contributed by atoms with E-state index in [1.54, 1.807) is 30.6 Å². The lowest BCUT2D eigenvalue weighted by atomic mass is 10.1. The predicted molar refractivity (Wildman–Crippen MR) is 97.8 cm³/mol. The molecule has 0 amide bonds. The van der Waals surface area contributed by atoms with E-state index in [4.69, 9.17) is 8.92 Å². The fourth-order valence-electron chi connectivity index (χ4n) is 2.61. The summed E-state index contributed by atoms with van der Waals surface area (Å²) in [6, 6.07) is 11.8. The first kappa shape index (κ1) is 17.9. The number of carbonyl (C=O) groups excluding carboxylic acids is 1. The molecule has 1 aromatic heterocycles. The molecule has 2 heterocycles. The zero-order chi connectivity index (χ0) is 19.7. The molecule has 0 spiro atoms. The van der Waals surface area contributed by atoms with Gasteiger partial charge < -0.3 is 8.92 Å². The van der Waals surface area contributed by atoms with Gasteiger partial charge in [0.05, 0.1) is 5.56 Å². The molecule has 0 bridgehead atoms. The number of fused-ring (bicyclic) bond motifs is 1. The third-order valence-electron chi connectivity index (χ3n) is 3.95. The molecule has 8 heteroatoms. The second kappa shape index (κ2) is 6.90. The Morgan fingerprint density at radius 2 is 1.71 bits per heavy atom. The van der Waals surface area contributed by atoms with Gasteiger partial charge in [-0.2, -0.15) is 8.42 Å². The summed E-state index contributed by atoms with van der Waals surface area (Å²) in [6.45, 7) is 0. The van der Waals surface area contributed by atoms with Crippen molar-refractivity contribution in [3.8, 4) is 11.5 Å². The average Bonchev–Trinajstić information content (AvgIpc) is 2.97. The van der Waals surface area contributed by atoms with Gasteiger partial charge in [-0.25, -0.2) is 4.39 Å². The maximum Gasteiger partial charge on any atom is 0.339 e. The minimum Gasteiger partial charge on any atom is -0.452 e. The van der Waals surface area contributed by atoms with Gasteiger partial charge in [0.15, 0.2) is 5.76 Å². The van der Waals surface area contributed by atoms with Gasteiger partial charge in [-0.3, -0.25) is 9.78 Å². The molecule has 0 radical (unpaired) electrons. The van der Waals surface area contributed by atoms with Crippen LogP contribution in [0, 0.1) is 5.82 Å². The van der Waals surface area contributed by atoms with E-state index >= 15 is 0 Å². The van der Waals surface area contributed by atoms with E-state index in [-0.39, 0.29) is 27.9 Å². The summed E-state index contributed by atoms with van der Waals surface area (Å²) in [6.07, 6.45) is 4.75. The zero-order valence-electron chi connectivity index (χ0n) is 14.2. The fraction of sp³-hybridized carbons (Fsp3) is 0. The number of benzene rings is 2. The molecule has 1 aliphatic rings. The summed E-state index contributed by atoms with van der Waals surface area (Å²) in [4.78, 5) is 16.2. The van der Waals surface area contributed by atoms with Crippen molar-refractivity contribution < 1.29 is 26.5 Å². The number of pyridine rings is 1. The van der Waals surface area contributed by atoms with Crippen LogP contribution in [-0.2, 0) is 10.1 Å². The summed E-state index contributed by atoms with van der Waals surface area (Å²) < 4.78 is 48.3. The molecule has 3 aromatic rings. The number of rotatable bonds is 4. The van der Waals surface area contributed by atoms with Crippen LogP contribution in [0.3, 0.4) is 0 Å². The minimum atomic E-state index is -4.15. The lowest BCUT2D eigenvalue weighted by Crippen LogP contribution is -2.09. The van der Waals surface area contributed by atoms with E-state index in [9.17, 15) is 17.6 Å². The maximum absolute atomic E-state index is 13.0. The number of Topliss-reactive ketones (excluding diaryl/α,β-unsaturated/α-hetero) is 1. The summed E-state index contributed by atoms with van der Waals surface area (Å²) in [5.74, 6) is -0.602. The smallest absolute Gasteiger partial charge is 0.339 e. The highest BCUT2D eigenvalue weighted by Gasteiger charge is 2.28. The Hall–Kier alpha value is -3.52. The van der Waals surface area contributed by atoms with Crippen molar-refractivity contribution in [3.05, 3.63) is 89.7 Å². The van der Waals surface area contributed by atoms with Gasteiger partial charge in [-0.1, -0.05) is 0 Å². The van der Waals surface area contributed by atoms with Crippen molar-refractivity contribution in [1.82, 2.24) is 4.98 Å². The van der Waals surface area contributed by atoms with E-state index in [0.717, 1.165) is 29.8 Å². The highest BCUT2D eigenvalue weighted by atomic mass is 32.2. The van der Waals surface area contributed by atoms with Gasteiger partial charge in [-0.05, 0) is 60.2 Å². The van der Waals surface area contributed by atoms with Crippen molar-refractivity contribution in [2.75, 3.05) is 0 Å². The number of allylic oxidation sites excluding steroid dienone is 1. The third kappa shape index (κ3) is 3.49. The standard InChI is InChI=1S/C20H12FNO5S/c21-14-1-4-16(5-2-14)28(24,25)27-15-3-6-17-18(12-15)26-19(20(17)23)11-13-7-9-22-10-8-13/h1-12H. The van der Waals surface area contributed by atoms with Gasteiger partial charge in [0.2, 0.25) is 5.78 Å². The maximum atomic E-state index is 13.0. The Morgan fingerprint density at radius 3 is 2.43 bits per heavy atom. The molecule has 4 rings (SSSR count). The Kier molecular flexibility index (Phi) is 4.40. The van der Waals surface area contributed by atoms with Gasteiger partial charge in [-0.15, -0.1) is 0 Å². The highest BCUT2D eigenvalue weighted by Crippen LogP contribution is 2.35. The van der Waals surface area contributed by atoms with Crippen LogP contribution >= 0.6 is 0 Å². The first-order valence-electron chi connectivity index (χ1n) is 8.11. The third-order valence-corrected chi connectivity index (χ3v) is 5.21.